The van der Waals surface area contributed by atoms with Gasteiger partial charge in [0.25, 0.3) is 0 Å². The van der Waals surface area contributed by atoms with Crippen molar-refractivity contribution in [3.63, 3.8) is 0 Å². The lowest BCUT2D eigenvalue weighted by Gasteiger charge is -2.34. The first kappa shape index (κ1) is 12.1. The molecule has 1 aromatic carbocycles. The molecule has 0 spiro atoms. The van der Waals surface area contributed by atoms with E-state index in [4.69, 9.17) is 0 Å². The van der Waals surface area contributed by atoms with E-state index in [0.29, 0.717) is 12.5 Å². The molecule has 3 nitrogen and oxygen atoms in total. The van der Waals surface area contributed by atoms with Gasteiger partial charge in [-0.3, -0.25) is 4.79 Å². The fourth-order valence-corrected chi connectivity index (χ4v) is 2.25. The van der Waals surface area contributed by atoms with E-state index in [1.807, 2.05) is 23.1 Å². The second kappa shape index (κ2) is 5.82. The monoisotopic (exact) mass is 232 g/mol. The summed E-state index contributed by atoms with van der Waals surface area (Å²) in [4.78, 5) is 14.1. The molecule has 0 radical (unpaired) electrons. The lowest BCUT2D eigenvalue weighted by atomic mass is 10.1. The number of rotatable bonds is 3. The third-order valence-electron chi connectivity index (χ3n) is 3.29. The number of hydrogen-bond donors (Lipinski definition) is 1. The van der Waals surface area contributed by atoms with Gasteiger partial charge in [-0.05, 0) is 18.9 Å². The average molecular weight is 232 g/mol. The molecule has 1 aliphatic rings. The summed E-state index contributed by atoms with van der Waals surface area (Å²) in [6.07, 6.45) is 1.46. The number of amides is 1. The summed E-state index contributed by atoms with van der Waals surface area (Å²) >= 11 is 0. The molecular weight excluding hydrogens is 212 g/mol. The van der Waals surface area contributed by atoms with Crippen molar-refractivity contribution in [1.29, 1.82) is 0 Å². The van der Waals surface area contributed by atoms with Gasteiger partial charge in [-0.1, -0.05) is 30.3 Å². The van der Waals surface area contributed by atoms with Crippen LogP contribution in [0.1, 0.15) is 18.9 Å². The van der Waals surface area contributed by atoms with Gasteiger partial charge < -0.3 is 10.2 Å². The highest BCUT2D eigenvalue weighted by Crippen LogP contribution is 2.08. The summed E-state index contributed by atoms with van der Waals surface area (Å²) in [5.41, 5.74) is 1.24. The van der Waals surface area contributed by atoms with Crippen LogP contribution in [-0.2, 0) is 11.2 Å². The van der Waals surface area contributed by atoms with Crippen molar-refractivity contribution in [3.05, 3.63) is 35.9 Å². The van der Waals surface area contributed by atoms with Crippen molar-refractivity contribution >= 4 is 5.91 Å². The van der Waals surface area contributed by atoms with Crippen molar-refractivity contribution in [3.8, 4) is 0 Å². The molecule has 0 aromatic heterocycles. The molecule has 92 valence electrons. The van der Waals surface area contributed by atoms with Gasteiger partial charge in [-0.2, -0.15) is 0 Å². The molecule has 1 fully saturated rings. The third kappa shape index (κ3) is 3.30. The number of aryl methyl sites for hydroxylation is 1. The molecular formula is C14H20N2O. The summed E-state index contributed by atoms with van der Waals surface area (Å²) < 4.78 is 0. The number of nitrogens with zero attached hydrogens (tertiary/aromatic N) is 1. The van der Waals surface area contributed by atoms with Crippen LogP contribution in [0.2, 0.25) is 0 Å². The summed E-state index contributed by atoms with van der Waals surface area (Å²) in [7, 11) is 0. The summed E-state index contributed by atoms with van der Waals surface area (Å²) in [6, 6.07) is 10.5. The normalized spacial score (nSPS) is 20.3. The number of carbonyl (C=O) groups excluding carboxylic acids is 1. The molecule has 0 unspecified atom stereocenters. The predicted octanol–water partition coefficient (Wildman–Crippen LogP) is 1.44. The van der Waals surface area contributed by atoms with Crippen LogP contribution in [0.5, 0.6) is 0 Å². The highest BCUT2D eigenvalue weighted by Gasteiger charge is 2.22. The van der Waals surface area contributed by atoms with E-state index >= 15 is 0 Å². The van der Waals surface area contributed by atoms with E-state index in [9.17, 15) is 4.79 Å². The van der Waals surface area contributed by atoms with Crippen LogP contribution < -0.4 is 5.32 Å². The smallest absolute Gasteiger partial charge is 0.223 e. The molecule has 1 amide bonds. The van der Waals surface area contributed by atoms with Gasteiger partial charge in [0.1, 0.15) is 0 Å². The fourth-order valence-electron chi connectivity index (χ4n) is 2.25. The number of hydrogen-bond acceptors (Lipinski definition) is 2. The fraction of sp³-hybridized carbons (Fsp3) is 0.500. The standard InChI is InChI=1S/C14H20N2O/c1-12-11-15-9-10-16(12)14(17)8-7-13-5-3-2-4-6-13/h2-6,12,15H,7-11H2,1H3/t12-/m0/s1. The second-order valence-electron chi connectivity index (χ2n) is 4.63. The highest BCUT2D eigenvalue weighted by molar-refractivity contribution is 5.77. The van der Waals surface area contributed by atoms with E-state index in [0.717, 1.165) is 26.1 Å². The molecule has 0 aliphatic carbocycles. The van der Waals surface area contributed by atoms with E-state index in [1.54, 1.807) is 0 Å². The van der Waals surface area contributed by atoms with Crippen LogP contribution >= 0.6 is 0 Å². The van der Waals surface area contributed by atoms with Gasteiger partial charge in [-0.15, -0.1) is 0 Å². The summed E-state index contributed by atoms with van der Waals surface area (Å²) in [6.45, 7) is 4.78. The van der Waals surface area contributed by atoms with Crippen molar-refractivity contribution in [2.75, 3.05) is 19.6 Å². The number of benzene rings is 1. The lowest BCUT2D eigenvalue weighted by molar-refractivity contribution is -0.133. The quantitative estimate of drug-likeness (QED) is 0.855. The Balaban J connectivity index is 1.84. The SMILES string of the molecule is C[C@H]1CNCCN1C(=O)CCc1ccccc1. The molecule has 0 bridgehead atoms. The van der Waals surface area contributed by atoms with Crippen LogP contribution in [0.15, 0.2) is 30.3 Å². The zero-order valence-corrected chi connectivity index (χ0v) is 10.4. The van der Waals surface area contributed by atoms with Crippen molar-refractivity contribution in [1.82, 2.24) is 10.2 Å². The Kier molecular flexibility index (Phi) is 4.15. The predicted molar refractivity (Wildman–Crippen MR) is 68.8 cm³/mol. The Hall–Kier alpha value is -1.35. The molecule has 3 heteroatoms. The van der Waals surface area contributed by atoms with Crippen LogP contribution in [0.3, 0.4) is 0 Å². The molecule has 1 N–H and O–H groups in total. The topological polar surface area (TPSA) is 32.3 Å². The Morgan fingerprint density at radius 1 is 1.41 bits per heavy atom. The number of nitrogens with one attached hydrogen (secondary N) is 1. The maximum absolute atomic E-state index is 12.1. The van der Waals surface area contributed by atoms with Crippen molar-refractivity contribution in [2.24, 2.45) is 0 Å². The van der Waals surface area contributed by atoms with E-state index in [-0.39, 0.29) is 5.91 Å². The minimum absolute atomic E-state index is 0.280. The molecule has 1 saturated heterocycles. The second-order valence-corrected chi connectivity index (χ2v) is 4.63. The summed E-state index contributed by atoms with van der Waals surface area (Å²) in [5, 5.41) is 3.30. The van der Waals surface area contributed by atoms with Crippen LogP contribution in [-0.4, -0.2) is 36.5 Å². The Labute approximate surface area is 103 Å². The Bertz CT molecular complexity index is 364. The minimum atomic E-state index is 0.280. The van der Waals surface area contributed by atoms with Crippen LogP contribution in [0.4, 0.5) is 0 Å². The average Bonchev–Trinajstić information content (AvgIpc) is 2.38. The first-order valence-electron chi connectivity index (χ1n) is 6.31. The summed E-state index contributed by atoms with van der Waals surface area (Å²) in [5.74, 6) is 0.280. The largest absolute Gasteiger partial charge is 0.337 e. The molecule has 1 aromatic rings. The zero-order valence-electron chi connectivity index (χ0n) is 10.4. The molecule has 1 heterocycles. The van der Waals surface area contributed by atoms with Gasteiger partial charge >= 0.3 is 0 Å². The van der Waals surface area contributed by atoms with E-state index < -0.39 is 0 Å². The van der Waals surface area contributed by atoms with Gasteiger partial charge in [0.05, 0.1) is 0 Å². The first-order chi connectivity index (χ1) is 8.27. The highest BCUT2D eigenvalue weighted by atomic mass is 16.2. The zero-order chi connectivity index (χ0) is 12.1. The Morgan fingerprint density at radius 3 is 2.88 bits per heavy atom. The molecule has 1 atom stereocenters. The molecule has 0 saturated carbocycles. The molecule has 2 rings (SSSR count). The maximum Gasteiger partial charge on any atom is 0.223 e. The van der Waals surface area contributed by atoms with Gasteiger partial charge in [0.15, 0.2) is 0 Å². The first-order valence-corrected chi connectivity index (χ1v) is 6.31. The van der Waals surface area contributed by atoms with E-state index in [1.165, 1.54) is 5.56 Å². The van der Waals surface area contributed by atoms with Gasteiger partial charge in [0.2, 0.25) is 5.91 Å². The van der Waals surface area contributed by atoms with Crippen LogP contribution in [0.25, 0.3) is 0 Å². The third-order valence-corrected chi connectivity index (χ3v) is 3.29. The maximum atomic E-state index is 12.1. The molecule has 1 aliphatic heterocycles. The van der Waals surface area contributed by atoms with Gasteiger partial charge in [0, 0.05) is 32.1 Å². The van der Waals surface area contributed by atoms with Crippen molar-refractivity contribution < 1.29 is 4.79 Å². The molecule has 17 heavy (non-hydrogen) atoms. The van der Waals surface area contributed by atoms with Crippen molar-refractivity contribution in [2.45, 2.75) is 25.8 Å². The van der Waals surface area contributed by atoms with Crippen LogP contribution in [0, 0.1) is 0 Å². The number of carbonyl (C=O) groups is 1. The van der Waals surface area contributed by atoms with Gasteiger partial charge in [-0.25, -0.2) is 0 Å². The number of piperazine rings is 1. The lowest BCUT2D eigenvalue weighted by Crippen LogP contribution is -2.52. The van der Waals surface area contributed by atoms with E-state index in [2.05, 4.69) is 24.4 Å². The minimum Gasteiger partial charge on any atom is -0.337 e. The Morgan fingerprint density at radius 2 is 2.18 bits per heavy atom.